The van der Waals surface area contributed by atoms with Gasteiger partial charge in [0.1, 0.15) is 11.3 Å². The highest BCUT2D eigenvalue weighted by Gasteiger charge is 2.76. The number of benzene rings is 1. The number of carbonyl (C=O) groups is 3. The van der Waals surface area contributed by atoms with E-state index in [0.717, 1.165) is 11.1 Å². The Kier molecular flexibility index (Phi) is 5.93. The molecule has 0 unspecified atom stereocenters. The van der Waals surface area contributed by atoms with Crippen LogP contribution in [0.3, 0.4) is 0 Å². The molecule has 3 saturated carbocycles. The van der Waals surface area contributed by atoms with E-state index in [-0.39, 0.29) is 34.8 Å². The number of esters is 1. The average molecular weight is 562 g/mol. The third kappa shape index (κ3) is 4.23. The molecule has 3 aromatic rings. The molecule has 2 bridgehead atoms. The Morgan fingerprint density at radius 1 is 1.00 bits per heavy atom. The van der Waals surface area contributed by atoms with Gasteiger partial charge in [-0.25, -0.2) is 9.37 Å². The second kappa shape index (κ2) is 8.87. The maximum atomic E-state index is 13.8. The Labute approximate surface area is 238 Å². The van der Waals surface area contributed by atoms with E-state index in [1.54, 1.807) is 23.1 Å². The van der Waals surface area contributed by atoms with E-state index >= 15 is 0 Å². The van der Waals surface area contributed by atoms with E-state index in [1.165, 1.54) is 19.2 Å². The van der Waals surface area contributed by atoms with Gasteiger partial charge in [-0.3, -0.25) is 14.4 Å². The first-order chi connectivity index (χ1) is 19.2. The number of ether oxygens (including phenoxy) is 1. The lowest BCUT2D eigenvalue weighted by Crippen LogP contribution is -2.73. The molecule has 1 saturated heterocycles. The molecule has 216 valence electrons. The summed E-state index contributed by atoms with van der Waals surface area (Å²) in [7, 11) is 1.39. The number of pyridine rings is 1. The zero-order valence-electron chi connectivity index (χ0n) is 24.5. The van der Waals surface area contributed by atoms with Gasteiger partial charge >= 0.3 is 5.97 Å². The van der Waals surface area contributed by atoms with Crippen molar-refractivity contribution in [3.05, 3.63) is 53.5 Å². The first-order valence-electron chi connectivity index (χ1n) is 14.1. The molecule has 4 aliphatic rings. The topological polar surface area (TPSA) is 93.0 Å². The van der Waals surface area contributed by atoms with Crippen LogP contribution in [0.25, 0.3) is 22.4 Å². The Bertz CT molecular complexity index is 1560. The minimum Gasteiger partial charge on any atom is -0.469 e. The number of piperazine rings is 1. The molecule has 1 aliphatic heterocycles. The summed E-state index contributed by atoms with van der Waals surface area (Å²) in [6.45, 7) is 11.3. The van der Waals surface area contributed by atoms with Crippen molar-refractivity contribution in [2.24, 2.45) is 10.8 Å². The zero-order chi connectivity index (χ0) is 29.5. The Balaban J connectivity index is 1.24. The van der Waals surface area contributed by atoms with Crippen molar-refractivity contribution in [2.75, 3.05) is 26.7 Å². The third-order valence-corrected chi connectivity index (χ3v) is 9.17. The Morgan fingerprint density at radius 2 is 1.66 bits per heavy atom. The summed E-state index contributed by atoms with van der Waals surface area (Å²) in [6.07, 6.45) is 1.65. The second-order valence-electron chi connectivity index (χ2n) is 13.7. The van der Waals surface area contributed by atoms with Crippen LogP contribution in [0.15, 0.2) is 40.8 Å². The number of furan rings is 1. The number of aromatic nitrogens is 1. The van der Waals surface area contributed by atoms with Crippen LogP contribution in [0, 0.1) is 16.6 Å². The van der Waals surface area contributed by atoms with Gasteiger partial charge in [-0.05, 0) is 68.9 Å². The molecule has 9 heteroatoms. The fourth-order valence-corrected chi connectivity index (χ4v) is 7.07. The molecule has 1 aromatic carbocycles. The van der Waals surface area contributed by atoms with Gasteiger partial charge in [-0.2, -0.15) is 0 Å². The molecule has 2 amide bonds. The summed E-state index contributed by atoms with van der Waals surface area (Å²) in [5.41, 5.74) is 1.60. The number of hydrogen-bond acceptors (Lipinski definition) is 6. The minimum atomic E-state index is -0.632. The van der Waals surface area contributed by atoms with E-state index in [2.05, 4.69) is 20.8 Å². The van der Waals surface area contributed by atoms with Crippen LogP contribution in [-0.2, 0) is 19.7 Å². The van der Waals surface area contributed by atoms with Gasteiger partial charge in [0.05, 0.1) is 29.2 Å². The number of amides is 2. The number of methoxy groups -OCH3 is 1. The number of fused-ring (bicyclic) bond motifs is 1. The lowest BCUT2D eigenvalue weighted by molar-refractivity contribution is -0.229. The molecule has 8 nitrogen and oxygen atoms in total. The molecule has 41 heavy (non-hydrogen) atoms. The van der Waals surface area contributed by atoms with Crippen molar-refractivity contribution < 1.29 is 27.9 Å². The van der Waals surface area contributed by atoms with E-state index in [9.17, 15) is 18.8 Å². The summed E-state index contributed by atoms with van der Waals surface area (Å²) in [5, 5.41) is 0. The highest BCUT2D eigenvalue weighted by atomic mass is 19.1. The fourth-order valence-electron chi connectivity index (χ4n) is 7.07. The van der Waals surface area contributed by atoms with Gasteiger partial charge < -0.3 is 19.0 Å². The van der Waals surface area contributed by atoms with E-state index < -0.39 is 16.4 Å². The molecule has 2 aromatic heterocycles. The second-order valence-corrected chi connectivity index (χ2v) is 13.7. The van der Waals surface area contributed by atoms with Crippen LogP contribution in [0.4, 0.5) is 4.39 Å². The average Bonchev–Trinajstić information content (AvgIpc) is 3.29. The van der Waals surface area contributed by atoms with E-state index in [4.69, 9.17) is 14.1 Å². The highest BCUT2D eigenvalue weighted by Crippen LogP contribution is 2.74. The van der Waals surface area contributed by atoms with Crippen molar-refractivity contribution in [3.63, 3.8) is 0 Å². The summed E-state index contributed by atoms with van der Waals surface area (Å²) >= 11 is 0. The van der Waals surface area contributed by atoms with Crippen molar-refractivity contribution in [1.29, 1.82) is 0 Å². The summed E-state index contributed by atoms with van der Waals surface area (Å²) in [4.78, 5) is 47.8. The van der Waals surface area contributed by atoms with Gasteiger partial charge in [-0.15, -0.1) is 0 Å². The molecule has 0 spiro atoms. The van der Waals surface area contributed by atoms with Crippen molar-refractivity contribution in [3.8, 4) is 11.3 Å². The number of halogens is 1. The number of rotatable bonds is 4. The number of carbonyl (C=O) groups excluding carboxylic acids is 3. The maximum absolute atomic E-state index is 13.8. The maximum Gasteiger partial charge on any atom is 0.311 e. The van der Waals surface area contributed by atoms with Crippen LogP contribution < -0.4 is 0 Å². The molecule has 0 N–H and O–H groups in total. The SMILES string of the molecule is COC(=O)C12CC(C(=O)N3CCN(C(=O)c4cc5nc(-c6ccc(F)cc6)cc(C(C)(C)C)c5o4)C(C)(C)C3)(C1)C2. The lowest BCUT2D eigenvalue weighted by atomic mass is 9.34. The van der Waals surface area contributed by atoms with Crippen LogP contribution in [-0.4, -0.2) is 64.9 Å². The Morgan fingerprint density at radius 3 is 2.24 bits per heavy atom. The smallest absolute Gasteiger partial charge is 0.311 e. The van der Waals surface area contributed by atoms with E-state index in [0.29, 0.717) is 55.7 Å². The molecular weight excluding hydrogens is 525 g/mol. The summed E-state index contributed by atoms with van der Waals surface area (Å²) in [5.74, 6) is -0.525. The Hall–Kier alpha value is -3.75. The van der Waals surface area contributed by atoms with Crippen LogP contribution >= 0.6 is 0 Å². The third-order valence-electron chi connectivity index (χ3n) is 9.17. The largest absolute Gasteiger partial charge is 0.469 e. The van der Waals surface area contributed by atoms with Crippen molar-refractivity contribution in [2.45, 2.75) is 64.8 Å². The van der Waals surface area contributed by atoms with Gasteiger partial charge in [0.25, 0.3) is 5.91 Å². The van der Waals surface area contributed by atoms with Crippen LogP contribution in [0.1, 0.15) is 70.0 Å². The fraction of sp³-hybridized carbons (Fsp3) is 0.500. The van der Waals surface area contributed by atoms with E-state index in [1.807, 2.05) is 24.8 Å². The van der Waals surface area contributed by atoms with Crippen molar-refractivity contribution in [1.82, 2.24) is 14.8 Å². The predicted octanol–water partition coefficient (Wildman–Crippen LogP) is 5.34. The predicted molar refractivity (Wildman–Crippen MR) is 151 cm³/mol. The molecule has 3 aliphatic carbocycles. The summed E-state index contributed by atoms with van der Waals surface area (Å²) in [6, 6.07) is 9.80. The van der Waals surface area contributed by atoms with Crippen LogP contribution in [0.2, 0.25) is 0 Å². The molecular formula is C32H36FN3O5. The van der Waals surface area contributed by atoms with Crippen LogP contribution in [0.5, 0.6) is 0 Å². The van der Waals surface area contributed by atoms with Gasteiger partial charge in [0.2, 0.25) is 5.91 Å². The zero-order valence-corrected chi connectivity index (χ0v) is 24.5. The molecule has 7 rings (SSSR count). The molecule has 0 atom stereocenters. The lowest BCUT2D eigenvalue weighted by Gasteiger charge is -2.68. The first-order valence-corrected chi connectivity index (χ1v) is 14.1. The quantitative estimate of drug-likeness (QED) is 0.400. The van der Waals surface area contributed by atoms with Crippen molar-refractivity contribution >= 4 is 28.9 Å². The van der Waals surface area contributed by atoms with Gasteiger partial charge in [-0.1, -0.05) is 20.8 Å². The normalized spacial score (nSPS) is 25.0. The van der Waals surface area contributed by atoms with Gasteiger partial charge in [0.15, 0.2) is 11.3 Å². The highest BCUT2D eigenvalue weighted by molar-refractivity contribution is 5.97. The monoisotopic (exact) mass is 561 g/mol. The first kappa shape index (κ1) is 27.4. The number of hydrogen-bond donors (Lipinski definition) is 0. The number of nitrogens with zero attached hydrogens (tertiary/aromatic N) is 3. The van der Waals surface area contributed by atoms with Gasteiger partial charge in [0, 0.05) is 36.8 Å². The molecule has 3 heterocycles. The minimum absolute atomic E-state index is 0.0690. The molecule has 0 radical (unpaired) electrons. The summed E-state index contributed by atoms with van der Waals surface area (Å²) < 4.78 is 24.7. The standard InChI is InChI=1S/C32H36FN3O5/c1-29(2,3)21-13-22(19-7-9-20(33)10-8-19)34-23-14-24(41-25(21)23)26(37)36-12-11-35(18-30(36,4)5)27(38)31-15-32(16-31,17-31)28(39)40-6/h7-10,13-14H,11-12,15-18H2,1-6H3. The molecule has 4 fully saturated rings.